The van der Waals surface area contributed by atoms with Crippen molar-refractivity contribution in [3.63, 3.8) is 0 Å². The third-order valence-electron chi connectivity index (χ3n) is 2.14. The number of hydrogen-bond acceptors (Lipinski definition) is 5. The Kier molecular flexibility index (Phi) is 5.17. The molecule has 2 N–H and O–H groups in total. The number of aromatic hydroxyl groups is 1. The Labute approximate surface area is 117 Å². The number of carboxylic acid groups (broad SMARTS) is 1. The number of hydrogen-bond donors (Lipinski definition) is 2. The van der Waals surface area contributed by atoms with Crippen molar-refractivity contribution in [3.05, 3.63) is 24.5 Å². The SMILES string of the molecule is O=C(O)CC[n+]1ccc(-c2nc(O)ns2)cc1.[Br-]. The van der Waals surface area contributed by atoms with Crippen molar-refractivity contribution >= 4 is 17.5 Å². The smallest absolute Gasteiger partial charge is 0.326 e. The summed E-state index contributed by atoms with van der Waals surface area (Å²) in [7, 11) is 0. The molecule has 0 aliphatic carbocycles. The molecule has 0 fully saturated rings. The van der Waals surface area contributed by atoms with Crippen LogP contribution in [0.2, 0.25) is 0 Å². The summed E-state index contributed by atoms with van der Waals surface area (Å²) in [5.74, 6) is -0.823. The molecule has 0 amide bonds. The normalized spacial score (nSPS) is 9.78. The minimum atomic E-state index is -0.823. The van der Waals surface area contributed by atoms with Gasteiger partial charge in [-0.1, -0.05) is 0 Å². The molecule has 0 saturated carbocycles. The maximum Gasteiger partial charge on any atom is 0.326 e. The Morgan fingerprint density at radius 3 is 2.56 bits per heavy atom. The van der Waals surface area contributed by atoms with Crippen molar-refractivity contribution in [2.24, 2.45) is 0 Å². The van der Waals surface area contributed by atoms with Crippen LogP contribution in [0.15, 0.2) is 24.5 Å². The fourth-order valence-corrected chi connectivity index (χ4v) is 1.88. The molecule has 0 aliphatic heterocycles. The zero-order chi connectivity index (χ0) is 12.3. The highest BCUT2D eigenvalue weighted by Gasteiger charge is 2.08. The molecular weight excluding hydrogens is 322 g/mol. The van der Waals surface area contributed by atoms with Gasteiger partial charge in [0.1, 0.15) is 11.4 Å². The molecule has 2 rings (SSSR count). The van der Waals surface area contributed by atoms with Gasteiger partial charge in [-0.05, 0) is 11.5 Å². The third kappa shape index (κ3) is 3.74. The number of pyridine rings is 1. The molecular formula is C10H10BrN3O3S. The Balaban J connectivity index is 0.00000162. The second-order valence-corrected chi connectivity index (χ2v) is 4.12. The predicted octanol–water partition coefficient (Wildman–Crippen LogP) is -2.32. The first-order valence-corrected chi connectivity index (χ1v) is 5.66. The molecule has 0 unspecified atom stereocenters. The van der Waals surface area contributed by atoms with E-state index in [2.05, 4.69) is 9.36 Å². The fraction of sp³-hybridized carbons (Fsp3) is 0.200. The average molecular weight is 332 g/mol. The van der Waals surface area contributed by atoms with E-state index in [4.69, 9.17) is 10.2 Å². The van der Waals surface area contributed by atoms with E-state index in [1.807, 2.05) is 12.1 Å². The van der Waals surface area contributed by atoms with E-state index >= 15 is 0 Å². The molecule has 6 nitrogen and oxygen atoms in total. The van der Waals surface area contributed by atoms with E-state index in [0.717, 1.165) is 17.1 Å². The van der Waals surface area contributed by atoms with Gasteiger partial charge in [-0.2, -0.15) is 4.98 Å². The first kappa shape index (κ1) is 14.5. The highest BCUT2D eigenvalue weighted by atomic mass is 79.9. The average Bonchev–Trinajstić information content (AvgIpc) is 2.74. The van der Waals surface area contributed by atoms with Gasteiger partial charge in [-0.3, -0.25) is 4.79 Å². The molecule has 2 heterocycles. The van der Waals surface area contributed by atoms with E-state index in [0.29, 0.717) is 11.6 Å². The Morgan fingerprint density at radius 2 is 2.06 bits per heavy atom. The van der Waals surface area contributed by atoms with Crippen molar-refractivity contribution in [1.82, 2.24) is 9.36 Å². The van der Waals surface area contributed by atoms with Crippen molar-refractivity contribution in [2.75, 3.05) is 0 Å². The van der Waals surface area contributed by atoms with E-state index in [1.54, 1.807) is 17.0 Å². The Hall–Kier alpha value is -1.54. The van der Waals surface area contributed by atoms with Crippen LogP contribution in [0.3, 0.4) is 0 Å². The Bertz CT molecular complexity index is 529. The molecule has 2 aromatic heterocycles. The lowest BCUT2D eigenvalue weighted by Gasteiger charge is -1.95. The monoisotopic (exact) mass is 331 g/mol. The van der Waals surface area contributed by atoms with Crippen molar-refractivity contribution in [3.8, 4) is 16.6 Å². The van der Waals surface area contributed by atoms with E-state index in [-0.39, 0.29) is 29.4 Å². The van der Waals surface area contributed by atoms with Crippen LogP contribution >= 0.6 is 11.5 Å². The van der Waals surface area contributed by atoms with Gasteiger partial charge >= 0.3 is 12.0 Å². The number of carboxylic acids is 1. The van der Waals surface area contributed by atoms with Crippen LogP contribution in [0, 0.1) is 0 Å². The molecule has 96 valence electrons. The number of carbonyl (C=O) groups is 1. The zero-order valence-corrected chi connectivity index (χ0v) is 11.6. The first-order chi connectivity index (χ1) is 8.15. The zero-order valence-electron chi connectivity index (χ0n) is 9.15. The molecule has 8 heteroatoms. The molecule has 0 spiro atoms. The fourth-order valence-electron chi connectivity index (χ4n) is 1.31. The van der Waals surface area contributed by atoms with Gasteiger partial charge in [-0.25, -0.2) is 4.57 Å². The van der Waals surface area contributed by atoms with E-state index in [9.17, 15) is 4.79 Å². The van der Waals surface area contributed by atoms with Crippen LogP contribution in [0.25, 0.3) is 10.6 Å². The van der Waals surface area contributed by atoms with Crippen molar-refractivity contribution < 1.29 is 36.6 Å². The van der Waals surface area contributed by atoms with Gasteiger partial charge in [-0.15, -0.1) is 4.37 Å². The van der Waals surface area contributed by atoms with Crippen LogP contribution in [0.5, 0.6) is 6.01 Å². The molecule has 0 bridgehead atoms. The molecule has 0 aliphatic rings. The lowest BCUT2D eigenvalue weighted by Crippen LogP contribution is -3.00. The molecule has 0 radical (unpaired) electrons. The van der Waals surface area contributed by atoms with Crippen molar-refractivity contribution in [1.29, 1.82) is 0 Å². The van der Waals surface area contributed by atoms with E-state index < -0.39 is 5.97 Å². The largest absolute Gasteiger partial charge is 1.00 e. The standard InChI is InChI=1S/C10H9N3O3S.BrH/c14-8(15)3-6-13-4-1-7(2-5-13)9-11-10(16)12-17-9;/h1-2,4-5H,3,6H2,(H-,12,14,15,16);1H. The summed E-state index contributed by atoms with van der Waals surface area (Å²) in [6, 6.07) is 3.39. The lowest BCUT2D eigenvalue weighted by molar-refractivity contribution is -0.695. The molecule has 18 heavy (non-hydrogen) atoms. The van der Waals surface area contributed by atoms with Gasteiger partial charge in [0.15, 0.2) is 18.9 Å². The summed E-state index contributed by atoms with van der Waals surface area (Å²) in [6.07, 6.45) is 3.64. The molecule has 0 atom stereocenters. The second-order valence-electron chi connectivity index (χ2n) is 3.37. The summed E-state index contributed by atoms with van der Waals surface area (Å²) in [6.45, 7) is 0.428. The highest BCUT2D eigenvalue weighted by molar-refractivity contribution is 7.09. The van der Waals surface area contributed by atoms with Gasteiger partial charge in [0.2, 0.25) is 0 Å². The lowest BCUT2D eigenvalue weighted by atomic mass is 10.3. The number of aromatic nitrogens is 3. The minimum Gasteiger partial charge on any atom is -1.00 e. The maximum absolute atomic E-state index is 10.4. The van der Waals surface area contributed by atoms with Gasteiger partial charge < -0.3 is 27.2 Å². The van der Waals surface area contributed by atoms with Crippen LogP contribution in [-0.2, 0) is 11.3 Å². The molecule has 0 saturated heterocycles. The summed E-state index contributed by atoms with van der Waals surface area (Å²) >= 11 is 1.11. The number of halogens is 1. The summed E-state index contributed by atoms with van der Waals surface area (Å²) in [4.78, 5) is 14.3. The van der Waals surface area contributed by atoms with Gasteiger partial charge in [0.05, 0.1) is 0 Å². The number of nitrogens with zero attached hydrogens (tertiary/aromatic N) is 3. The van der Waals surface area contributed by atoms with Crippen molar-refractivity contribution in [2.45, 2.75) is 13.0 Å². The summed E-state index contributed by atoms with van der Waals surface area (Å²) < 4.78 is 5.45. The summed E-state index contributed by atoms with van der Waals surface area (Å²) in [5.41, 5.74) is 0.842. The van der Waals surface area contributed by atoms with Crippen LogP contribution in [-0.4, -0.2) is 25.5 Å². The number of aryl methyl sites for hydroxylation is 1. The molecule has 2 aromatic rings. The third-order valence-corrected chi connectivity index (χ3v) is 2.89. The second kappa shape index (κ2) is 6.41. The molecule has 0 aromatic carbocycles. The predicted molar refractivity (Wildman–Crippen MR) is 59.5 cm³/mol. The van der Waals surface area contributed by atoms with E-state index in [1.165, 1.54) is 0 Å². The number of aliphatic carboxylic acids is 1. The topological polar surface area (TPSA) is 87.2 Å². The van der Waals surface area contributed by atoms with Crippen LogP contribution < -0.4 is 21.5 Å². The number of rotatable bonds is 4. The highest BCUT2D eigenvalue weighted by Crippen LogP contribution is 2.21. The Morgan fingerprint density at radius 1 is 1.39 bits per heavy atom. The van der Waals surface area contributed by atoms with Crippen LogP contribution in [0.1, 0.15) is 6.42 Å². The van der Waals surface area contributed by atoms with Gasteiger partial charge in [0, 0.05) is 17.7 Å². The maximum atomic E-state index is 10.4. The van der Waals surface area contributed by atoms with Crippen LogP contribution in [0.4, 0.5) is 0 Å². The summed E-state index contributed by atoms with van der Waals surface area (Å²) in [5, 5.41) is 18.2. The quantitative estimate of drug-likeness (QED) is 0.614. The first-order valence-electron chi connectivity index (χ1n) is 4.89. The minimum absolute atomic E-state index is 0. The van der Waals surface area contributed by atoms with Gasteiger partial charge in [0.25, 0.3) is 0 Å².